The molecule has 4 rings (SSSR count). The Balaban J connectivity index is 1.75. The maximum absolute atomic E-state index is 12.9. The van der Waals surface area contributed by atoms with Gasteiger partial charge in [-0.25, -0.2) is 0 Å². The number of methoxy groups -OCH3 is 1. The fourth-order valence-electron chi connectivity index (χ4n) is 3.01. The quantitative estimate of drug-likeness (QED) is 0.573. The van der Waals surface area contributed by atoms with E-state index in [0.29, 0.717) is 17.9 Å². The number of furan rings is 1. The topological polar surface area (TPSA) is 64.4 Å². The van der Waals surface area contributed by atoms with Gasteiger partial charge in [0.2, 0.25) is 5.76 Å². The first-order valence-corrected chi connectivity index (χ1v) is 8.60. The van der Waals surface area contributed by atoms with E-state index in [-0.39, 0.29) is 11.7 Å². The summed E-state index contributed by atoms with van der Waals surface area (Å²) in [6.07, 6.45) is 1.70. The molecule has 0 saturated heterocycles. The van der Waals surface area contributed by atoms with Crippen molar-refractivity contribution in [2.24, 2.45) is 0 Å². The highest BCUT2D eigenvalue weighted by Crippen LogP contribution is 2.36. The van der Waals surface area contributed by atoms with Crippen molar-refractivity contribution in [3.8, 4) is 16.9 Å². The normalized spacial score (nSPS) is 10.7. The highest BCUT2D eigenvalue weighted by atomic mass is 16.5. The van der Waals surface area contributed by atoms with Gasteiger partial charge >= 0.3 is 0 Å². The van der Waals surface area contributed by atoms with E-state index in [4.69, 9.17) is 9.15 Å². The van der Waals surface area contributed by atoms with Gasteiger partial charge in [0.1, 0.15) is 11.3 Å². The molecule has 0 aliphatic carbocycles. The van der Waals surface area contributed by atoms with Gasteiger partial charge in [0, 0.05) is 23.2 Å². The van der Waals surface area contributed by atoms with Gasteiger partial charge in [-0.2, -0.15) is 0 Å². The molecule has 27 heavy (non-hydrogen) atoms. The van der Waals surface area contributed by atoms with Crippen molar-refractivity contribution < 1.29 is 13.9 Å². The number of pyridine rings is 1. The van der Waals surface area contributed by atoms with Crippen molar-refractivity contribution in [3.63, 3.8) is 0 Å². The molecule has 5 nitrogen and oxygen atoms in total. The van der Waals surface area contributed by atoms with Gasteiger partial charge in [0.15, 0.2) is 0 Å². The molecule has 2 heterocycles. The van der Waals surface area contributed by atoms with Crippen LogP contribution in [0.5, 0.6) is 5.75 Å². The highest BCUT2D eigenvalue weighted by molar-refractivity contribution is 6.08. The molecule has 2 aromatic heterocycles. The van der Waals surface area contributed by atoms with Crippen LogP contribution >= 0.6 is 0 Å². The van der Waals surface area contributed by atoms with Gasteiger partial charge in [0.05, 0.1) is 19.3 Å². The summed E-state index contributed by atoms with van der Waals surface area (Å²) in [5.41, 5.74) is 3.08. The number of carbonyl (C=O) groups is 1. The molecule has 0 saturated carbocycles. The second-order valence-electron chi connectivity index (χ2n) is 6.04. The molecule has 0 radical (unpaired) electrons. The minimum absolute atomic E-state index is 0.278. The summed E-state index contributed by atoms with van der Waals surface area (Å²) in [6.45, 7) is 0.328. The summed E-state index contributed by atoms with van der Waals surface area (Å²) in [6, 6.07) is 20.9. The van der Waals surface area contributed by atoms with Gasteiger partial charge in [-0.15, -0.1) is 0 Å². The Morgan fingerprint density at radius 2 is 1.89 bits per heavy atom. The number of aromatic nitrogens is 1. The van der Waals surface area contributed by atoms with Crippen LogP contribution in [-0.4, -0.2) is 18.0 Å². The van der Waals surface area contributed by atoms with E-state index in [0.717, 1.165) is 22.2 Å². The number of benzene rings is 2. The lowest BCUT2D eigenvalue weighted by Crippen LogP contribution is -2.23. The third-order valence-electron chi connectivity index (χ3n) is 4.32. The molecule has 0 aliphatic heterocycles. The molecule has 0 unspecified atom stereocenters. The molecule has 5 heteroatoms. The Hall–Kier alpha value is -3.60. The lowest BCUT2D eigenvalue weighted by Gasteiger charge is -2.05. The van der Waals surface area contributed by atoms with Crippen molar-refractivity contribution in [3.05, 3.63) is 84.4 Å². The van der Waals surface area contributed by atoms with Crippen molar-refractivity contribution in [2.45, 2.75) is 6.54 Å². The molecule has 0 fully saturated rings. The van der Waals surface area contributed by atoms with Gasteiger partial charge in [-0.3, -0.25) is 9.78 Å². The Bertz CT molecular complexity index is 1070. The number of amides is 1. The molecule has 0 spiro atoms. The number of hydrogen-bond donors (Lipinski definition) is 1. The smallest absolute Gasteiger partial charge is 0.288 e. The molecular weight excluding hydrogens is 340 g/mol. The lowest BCUT2D eigenvalue weighted by molar-refractivity contribution is 0.0925. The van der Waals surface area contributed by atoms with E-state index in [1.165, 1.54) is 0 Å². The highest BCUT2D eigenvalue weighted by Gasteiger charge is 2.22. The van der Waals surface area contributed by atoms with Crippen molar-refractivity contribution in [2.75, 3.05) is 7.11 Å². The molecule has 2 aromatic carbocycles. The SMILES string of the molecule is COc1ccc2c(-c3ccccc3)c(C(=O)NCc3ccccn3)oc2c1. The second kappa shape index (κ2) is 7.33. The van der Waals surface area contributed by atoms with Crippen LogP contribution in [0.25, 0.3) is 22.1 Å². The summed E-state index contributed by atoms with van der Waals surface area (Å²) >= 11 is 0. The molecule has 134 valence electrons. The number of ether oxygens (including phenoxy) is 1. The van der Waals surface area contributed by atoms with Crippen LogP contribution in [0, 0.1) is 0 Å². The van der Waals surface area contributed by atoms with E-state index >= 15 is 0 Å². The molecule has 1 amide bonds. The average molecular weight is 358 g/mol. The summed E-state index contributed by atoms with van der Waals surface area (Å²) < 4.78 is 11.2. The summed E-state index contributed by atoms with van der Waals surface area (Å²) in [5, 5.41) is 3.75. The van der Waals surface area contributed by atoms with Crippen molar-refractivity contribution in [1.82, 2.24) is 10.3 Å². The predicted octanol–water partition coefficient (Wildman–Crippen LogP) is 4.43. The molecule has 1 N–H and O–H groups in total. The minimum atomic E-state index is -0.283. The molecule has 4 aromatic rings. The Labute approximate surface area is 156 Å². The van der Waals surface area contributed by atoms with Crippen LogP contribution in [0.2, 0.25) is 0 Å². The van der Waals surface area contributed by atoms with Crippen LogP contribution < -0.4 is 10.1 Å². The maximum atomic E-state index is 12.9. The zero-order chi connectivity index (χ0) is 18.6. The third-order valence-corrected chi connectivity index (χ3v) is 4.32. The van der Waals surface area contributed by atoms with Crippen molar-refractivity contribution in [1.29, 1.82) is 0 Å². The van der Waals surface area contributed by atoms with E-state index in [1.807, 2.05) is 60.7 Å². The number of nitrogens with zero attached hydrogens (tertiary/aromatic N) is 1. The summed E-state index contributed by atoms with van der Waals surface area (Å²) in [5.74, 6) is 0.673. The molecule has 0 bridgehead atoms. The predicted molar refractivity (Wildman–Crippen MR) is 104 cm³/mol. The van der Waals surface area contributed by atoms with Crippen LogP contribution in [0.3, 0.4) is 0 Å². The second-order valence-corrected chi connectivity index (χ2v) is 6.04. The largest absolute Gasteiger partial charge is 0.497 e. The molecule has 0 aliphatic rings. The molecular formula is C22H18N2O3. The Morgan fingerprint density at radius 3 is 2.63 bits per heavy atom. The first kappa shape index (κ1) is 16.8. The van der Waals surface area contributed by atoms with Gasteiger partial charge in [0.25, 0.3) is 5.91 Å². The van der Waals surface area contributed by atoms with Crippen LogP contribution in [0.15, 0.2) is 77.3 Å². The first-order valence-electron chi connectivity index (χ1n) is 8.60. The van der Waals surface area contributed by atoms with Gasteiger partial charge < -0.3 is 14.5 Å². The Kier molecular flexibility index (Phi) is 4.58. The summed E-state index contributed by atoms with van der Waals surface area (Å²) in [7, 11) is 1.60. The first-order chi connectivity index (χ1) is 13.3. The van der Waals surface area contributed by atoms with E-state index < -0.39 is 0 Å². The number of nitrogens with one attached hydrogen (secondary N) is 1. The van der Waals surface area contributed by atoms with Crippen LogP contribution in [0.4, 0.5) is 0 Å². The van der Waals surface area contributed by atoms with Gasteiger partial charge in [-0.05, 0) is 29.8 Å². The maximum Gasteiger partial charge on any atom is 0.288 e. The van der Waals surface area contributed by atoms with E-state index in [9.17, 15) is 4.79 Å². The fraction of sp³-hybridized carbons (Fsp3) is 0.0909. The van der Waals surface area contributed by atoms with E-state index in [2.05, 4.69) is 10.3 Å². The minimum Gasteiger partial charge on any atom is -0.497 e. The number of rotatable bonds is 5. The monoisotopic (exact) mass is 358 g/mol. The van der Waals surface area contributed by atoms with Crippen LogP contribution in [0.1, 0.15) is 16.2 Å². The third kappa shape index (κ3) is 3.40. The average Bonchev–Trinajstić information content (AvgIpc) is 3.12. The van der Waals surface area contributed by atoms with E-state index in [1.54, 1.807) is 19.4 Å². The number of carbonyl (C=O) groups excluding carboxylic acids is 1. The summed E-state index contributed by atoms with van der Waals surface area (Å²) in [4.78, 5) is 17.1. The molecule has 0 atom stereocenters. The number of hydrogen-bond acceptors (Lipinski definition) is 4. The standard InChI is InChI=1S/C22H18N2O3/c1-26-17-10-11-18-19(13-17)27-21(20(18)15-7-3-2-4-8-15)22(25)24-14-16-9-5-6-12-23-16/h2-13H,14H2,1H3,(H,24,25). The van der Waals surface area contributed by atoms with Gasteiger partial charge in [-0.1, -0.05) is 36.4 Å². The lowest BCUT2D eigenvalue weighted by atomic mass is 10.0. The van der Waals surface area contributed by atoms with Crippen molar-refractivity contribution >= 4 is 16.9 Å². The number of fused-ring (bicyclic) bond motifs is 1. The zero-order valence-corrected chi connectivity index (χ0v) is 14.8. The zero-order valence-electron chi connectivity index (χ0n) is 14.8. The fourth-order valence-corrected chi connectivity index (χ4v) is 3.01. The van der Waals surface area contributed by atoms with Crippen LogP contribution in [-0.2, 0) is 6.54 Å². The Morgan fingerprint density at radius 1 is 1.07 bits per heavy atom.